The summed E-state index contributed by atoms with van der Waals surface area (Å²) in [6.07, 6.45) is 1.54. The molecular weight excluding hydrogens is 280 g/mol. The van der Waals surface area contributed by atoms with E-state index in [4.69, 9.17) is 0 Å². The van der Waals surface area contributed by atoms with Crippen molar-refractivity contribution in [2.24, 2.45) is 0 Å². The van der Waals surface area contributed by atoms with Gasteiger partial charge in [-0.05, 0) is 26.2 Å². The minimum Gasteiger partial charge on any atom is -0.479 e. The molecule has 0 radical (unpaired) electrons. The third-order valence-electron chi connectivity index (χ3n) is 4.04. The average Bonchev–Trinajstić information content (AvgIpc) is 2.97. The van der Waals surface area contributed by atoms with Gasteiger partial charge in [0.2, 0.25) is 5.91 Å². The molecule has 1 aromatic rings. The molecule has 1 aliphatic heterocycles. The Morgan fingerprint density at radius 2 is 2.20 bits per heavy atom. The third kappa shape index (κ3) is 2.26. The van der Waals surface area contributed by atoms with Crippen LogP contribution in [-0.2, 0) is 16.1 Å². The standard InChI is InChI=1S/C13H18N2O4S/c1-3-13(11(17)18)5-4-6-15(13)10(16)7-14-9(2)8-20-12(14)19/h8H,3-7H2,1-2H3,(H,17,18). The second-order valence-corrected chi connectivity index (χ2v) is 5.89. The first kappa shape index (κ1) is 14.8. The Hall–Kier alpha value is -1.63. The van der Waals surface area contributed by atoms with Crippen molar-refractivity contribution in [2.75, 3.05) is 6.54 Å². The summed E-state index contributed by atoms with van der Waals surface area (Å²) in [7, 11) is 0. The zero-order chi connectivity index (χ0) is 14.9. The van der Waals surface area contributed by atoms with E-state index in [0.29, 0.717) is 25.8 Å². The lowest BCUT2D eigenvalue weighted by Crippen LogP contribution is -2.53. The second kappa shape index (κ2) is 5.40. The molecular formula is C13H18N2O4S. The molecule has 1 N–H and O–H groups in total. The number of carbonyl (C=O) groups is 2. The minimum atomic E-state index is -1.11. The van der Waals surface area contributed by atoms with E-state index in [-0.39, 0.29) is 17.3 Å². The zero-order valence-electron chi connectivity index (χ0n) is 11.6. The first-order valence-corrected chi connectivity index (χ1v) is 7.49. The monoisotopic (exact) mass is 298 g/mol. The molecule has 0 aromatic carbocycles. The van der Waals surface area contributed by atoms with E-state index in [0.717, 1.165) is 17.0 Å². The van der Waals surface area contributed by atoms with E-state index in [1.807, 2.05) is 0 Å². The summed E-state index contributed by atoms with van der Waals surface area (Å²) in [5.74, 6) is -1.25. The first-order valence-electron chi connectivity index (χ1n) is 6.61. The number of nitrogens with zero attached hydrogens (tertiary/aromatic N) is 2. The van der Waals surface area contributed by atoms with Gasteiger partial charge in [-0.25, -0.2) is 4.79 Å². The van der Waals surface area contributed by atoms with Crippen LogP contribution in [0.1, 0.15) is 31.9 Å². The van der Waals surface area contributed by atoms with Gasteiger partial charge in [-0.15, -0.1) is 0 Å². The molecule has 1 saturated heterocycles. The van der Waals surface area contributed by atoms with Gasteiger partial charge < -0.3 is 10.0 Å². The second-order valence-electron chi connectivity index (χ2n) is 5.07. The molecule has 1 fully saturated rings. The first-order chi connectivity index (χ1) is 9.42. The molecule has 0 bridgehead atoms. The van der Waals surface area contributed by atoms with Crippen LogP contribution >= 0.6 is 11.3 Å². The predicted molar refractivity (Wildman–Crippen MR) is 74.9 cm³/mol. The van der Waals surface area contributed by atoms with Gasteiger partial charge in [0.1, 0.15) is 12.1 Å². The molecule has 1 aromatic heterocycles. The van der Waals surface area contributed by atoms with Crippen LogP contribution in [-0.4, -0.2) is 38.5 Å². The number of aryl methyl sites for hydroxylation is 1. The summed E-state index contributed by atoms with van der Waals surface area (Å²) >= 11 is 1.05. The maximum atomic E-state index is 12.4. The van der Waals surface area contributed by atoms with Crippen LogP contribution in [0.3, 0.4) is 0 Å². The van der Waals surface area contributed by atoms with Crippen LogP contribution < -0.4 is 4.87 Å². The molecule has 1 aliphatic rings. The van der Waals surface area contributed by atoms with Crippen molar-refractivity contribution in [3.8, 4) is 0 Å². The third-order valence-corrected chi connectivity index (χ3v) is 4.92. The Morgan fingerprint density at radius 3 is 2.70 bits per heavy atom. The van der Waals surface area contributed by atoms with Gasteiger partial charge in [0.15, 0.2) is 0 Å². The Labute approximate surface area is 120 Å². The van der Waals surface area contributed by atoms with Crippen molar-refractivity contribution in [1.82, 2.24) is 9.47 Å². The maximum absolute atomic E-state index is 12.4. The van der Waals surface area contributed by atoms with Crippen molar-refractivity contribution in [1.29, 1.82) is 0 Å². The Morgan fingerprint density at radius 1 is 1.50 bits per heavy atom. The number of hydrogen-bond acceptors (Lipinski definition) is 4. The molecule has 2 heterocycles. The number of rotatable bonds is 4. The van der Waals surface area contributed by atoms with Gasteiger partial charge in [-0.3, -0.25) is 14.2 Å². The highest BCUT2D eigenvalue weighted by Crippen LogP contribution is 2.33. The lowest BCUT2D eigenvalue weighted by Gasteiger charge is -2.34. The number of thiazole rings is 1. The number of amides is 1. The molecule has 20 heavy (non-hydrogen) atoms. The molecule has 1 atom stereocenters. The molecule has 2 rings (SSSR count). The summed E-state index contributed by atoms with van der Waals surface area (Å²) in [4.78, 5) is 36.8. The van der Waals surface area contributed by atoms with E-state index in [2.05, 4.69) is 0 Å². The smallest absolute Gasteiger partial charge is 0.329 e. The molecule has 110 valence electrons. The summed E-state index contributed by atoms with van der Waals surface area (Å²) in [5.41, 5.74) is -0.380. The number of carboxylic acids is 1. The van der Waals surface area contributed by atoms with Crippen LogP contribution in [0, 0.1) is 6.92 Å². The number of carbonyl (C=O) groups excluding carboxylic acids is 1. The highest BCUT2D eigenvalue weighted by molar-refractivity contribution is 7.07. The molecule has 0 aliphatic carbocycles. The molecule has 0 spiro atoms. The summed E-state index contributed by atoms with van der Waals surface area (Å²) < 4.78 is 1.40. The van der Waals surface area contributed by atoms with Crippen LogP contribution in [0.2, 0.25) is 0 Å². The maximum Gasteiger partial charge on any atom is 0.329 e. The minimum absolute atomic E-state index is 0.0802. The quantitative estimate of drug-likeness (QED) is 0.902. The van der Waals surface area contributed by atoms with Crippen molar-refractivity contribution < 1.29 is 14.7 Å². The Bertz CT molecular complexity index is 591. The number of carboxylic acid groups (broad SMARTS) is 1. The lowest BCUT2D eigenvalue weighted by atomic mass is 9.93. The largest absolute Gasteiger partial charge is 0.479 e. The fourth-order valence-corrected chi connectivity index (χ4v) is 3.53. The highest BCUT2D eigenvalue weighted by Gasteiger charge is 2.48. The van der Waals surface area contributed by atoms with Crippen molar-refractivity contribution >= 4 is 23.2 Å². The zero-order valence-corrected chi connectivity index (χ0v) is 12.4. The Kier molecular flexibility index (Phi) is 3.99. The van der Waals surface area contributed by atoms with E-state index in [1.165, 1.54) is 9.47 Å². The summed E-state index contributed by atoms with van der Waals surface area (Å²) in [5, 5.41) is 11.2. The normalized spacial score (nSPS) is 22.2. The topological polar surface area (TPSA) is 79.6 Å². The van der Waals surface area contributed by atoms with Gasteiger partial charge in [0.25, 0.3) is 0 Å². The molecule has 6 nitrogen and oxygen atoms in total. The molecule has 7 heteroatoms. The lowest BCUT2D eigenvalue weighted by molar-refractivity contribution is -0.157. The van der Waals surface area contributed by atoms with E-state index in [9.17, 15) is 19.5 Å². The van der Waals surface area contributed by atoms with Crippen LogP contribution in [0.4, 0.5) is 0 Å². The van der Waals surface area contributed by atoms with Gasteiger partial charge in [-0.1, -0.05) is 18.3 Å². The Balaban J connectivity index is 2.25. The predicted octanol–water partition coefficient (Wildman–Crippen LogP) is 1.07. The van der Waals surface area contributed by atoms with Gasteiger partial charge in [0, 0.05) is 17.6 Å². The highest BCUT2D eigenvalue weighted by atomic mass is 32.1. The number of likely N-dealkylation sites (tertiary alicyclic amines) is 1. The van der Waals surface area contributed by atoms with Crippen molar-refractivity contribution in [3.05, 3.63) is 20.7 Å². The molecule has 0 saturated carbocycles. The molecule has 1 unspecified atom stereocenters. The van der Waals surface area contributed by atoms with Crippen molar-refractivity contribution in [3.63, 3.8) is 0 Å². The molecule has 1 amide bonds. The van der Waals surface area contributed by atoms with Crippen LogP contribution in [0.15, 0.2) is 10.2 Å². The number of aromatic nitrogens is 1. The van der Waals surface area contributed by atoms with Gasteiger partial charge >= 0.3 is 10.8 Å². The fourth-order valence-electron chi connectivity index (χ4n) is 2.80. The van der Waals surface area contributed by atoms with Gasteiger partial charge in [0.05, 0.1) is 0 Å². The van der Waals surface area contributed by atoms with Gasteiger partial charge in [-0.2, -0.15) is 0 Å². The average molecular weight is 298 g/mol. The summed E-state index contributed by atoms with van der Waals surface area (Å²) in [6.45, 7) is 3.90. The number of hydrogen-bond donors (Lipinski definition) is 1. The van der Waals surface area contributed by atoms with E-state index < -0.39 is 11.5 Å². The van der Waals surface area contributed by atoms with Crippen molar-refractivity contribution in [2.45, 2.75) is 45.2 Å². The number of aliphatic carboxylic acids is 1. The summed E-state index contributed by atoms with van der Waals surface area (Å²) in [6, 6.07) is 0. The SMILES string of the molecule is CCC1(C(=O)O)CCCN1C(=O)Cn1c(C)csc1=O. The van der Waals surface area contributed by atoms with Crippen LogP contribution in [0.25, 0.3) is 0 Å². The van der Waals surface area contributed by atoms with E-state index >= 15 is 0 Å². The van der Waals surface area contributed by atoms with E-state index in [1.54, 1.807) is 19.2 Å². The fraction of sp³-hybridized carbons (Fsp3) is 0.615. The van der Waals surface area contributed by atoms with Crippen LogP contribution in [0.5, 0.6) is 0 Å².